The lowest BCUT2D eigenvalue weighted by Gasteiger charge is -2.56. The molecule has 8 rings (SSSR count). The molecule has 7 nitrogen and oxygen atoms in total. The van der Waals surface area contributed by atoms with E-state index in [2.05, 4.69) is 47.2 Å². The van der Waals surface area contributed by atoms with Crippen molar-refractivity contribution in [2.75, 3.05) is 13.1 Å². The molecular weight excluding hydrogens is 490 g/mol. The molecule has 2 spiro atoms. The minimum absolute atomic E-state index is 0.00223. The predicted octanol–water partition coefficient (Wildman–Crippen LogP) is 2.79. The van der Waals surface area contributed by atoms with E-state index in [1.165, 1.54) is 5.56 Å². The highest BCUT2D eigenvalue weighted by Crippen LogP contribution is 2.69. The van der Waals surface area contributed by atoms with Gasteiger partial charge in [0.15, 0.2) is 0 Å². The van der Waals surface area contributed by atoms with Gasteiger partial charge in [-0.3, -0.25) is 9.88 Å². The van der Waals surface area contributed by atoms with Gasteiger partial charge in [0.2, 0.25) is 0 Å². The normalized spacial score (nSPS) is 46.9. The van der Waals surface area contributed by atoms with Gasteiger partial charge >= 0.3 is 0 Å². The molecule has 1 aromatic heterocycles. The minimum Gasteiger partial charge on any atom is -0.392 e. The van der Waals surface area contributed by atoms with Gasteiger partial charge in [-0.25, -0.2) is 0 Å². The van der Waals surface area contributed by atoms with Crippen LogP contribution in [-0.2, 0) is 4.74 Å². The maximum absolute atomic E-state index is 11.6. The number of nitrogens with two attached hydrogens (primary N) is 1. The number of rotatable bonds is 2. The van der Waals surface area contributed by atoms with Crippen molar-refractivity contribution >= 4 is 10.8 Å². The second kappa shape index (κ2) is 8.21. The van der Waals surface area contributed by atoms with E-state index in [-0.39, 0.29) is 29.3 Å². The van der Waals surface area contributed by atoms with Crippen LogP contribution in [0.25, 0.3) is 10.8 Å². The summed E-state index contributed by atoms with van der Waals surface area (Å²) in [4.78, 5) is 6.59. The minimum atomic E-state index is -0.945. The quantitative estimate of drug-likeness (QED) is 0.473. The molecule has 6 aliphatic rings. The van der Waals surface area contributed by atoms with Crippen molar-refractivity contribution in [1.29, 1.82) is 0 Å². The van der Waals surface area contributed by atoms with Crippen LogP contribution in [0.5, 0.6) is 0 Å². The maximum Gasteiger partial charge on any atom is 0.105 e. The van der Waals surface area contributed by atoms with Gasteiger partial charge in [-0.2, -0.15) is 0 Å². The summed E-state index contributed by atoms with van der Waals surface area (Å²) in [7, 11) is 0. The van der Waals surface area contributed by atoms with Gasteiger partial charge in [-0.15, -0.1) is 0 Å². The number of fused-ring (bicyclic) bond motifs is 2. The number of ether oxygens (including phenoxy) is 1. The molecule has 206 valence electrons. The summed E-state index contributed by atoms with van der Waals surface area (Å²) in [5.41, 5.74) is 8.15. The second-order valence-electron chi connectivity index (χ2n) is 13.5. The molecule has 2 saturated carbocycles. The number of aliphatic hydroxyl groups excluding tert-OH is 3. The van der Waals surface area contributed by atoms with Crippen molar-refractivity contribution in [3.63, 3.8) is 0 Å². The molecule has 3 aliphatic carbocycles. The molecule has 2 bridgehead atoms. The van der Waals surface area contributed by atoms with Gasteiger partial charge in [0.05, 0.1) is 23.4 Å². The molecule has 4 fully saturated rings. The van der Waals surface area contributed by atoms with Crippen molar-refractivity contribution in [1.82, 2.24) is 9.88 Å². The SMILES string of the molecule is C[C@]12CC=C3C=C4[C@@H](O)[C@H](O)[C@@H](N5CC[C@@H](N)C5)C[C@]45CCC3(O5)[C@@H]1C[C@@H](O)[C@@H]2c1ccc2ccncc2c1. The van der Waals surface area contributed by atoms with Gasteiger partial charge < -0.3 is 25.8 Å². The lowest BCUT2D eigenvalue weighted by molar-refractivity contribution is -0.167. The van der Waals surface area contributed by atoms with E-state index < -0.39 is 29.5 Å². The average Bonchev–Trinajstić information content (AvgIpc) is 3.58. The van der Waals surface area contributed by atoms with Crippen LogP contribution in [0.1, 0.15) is 56.9 Å². The number of aromatic nitrogens is 1. The third kappa shape index (κ3) is 3.23. The topological polar surface area (TPSA) is 112 Å². The van der Waals surface area contributed by atoms with Gasteiger partial charge in [0, 0.05) is 54.8 Å². The van der Waals surface area contributed by atoms with Gasteiger partial charge in [0.1, 0.15) is 6.10 Å². The van der Waals surface area contributed by atoms with Crippen molar-refractivity contribution in [2.24, 2.45) is 17.1 Å². The zero-order valence-corrected chi connectivity index (χ0v) is 22.5. The van der Waals surface area contributed by atoms with E-state index >= 15 is 0 Å². The largest absolute Gasteiger partial charge is 0.392 e. The Hall–Kier alpha value is -2.13. The summed E-state index contributed by atoms with van der Waals surface area (Å²) in [6.45, 7) is 3.93. The number of hydrogen-bond acceptors (Lipinski definition) is 7. The van der Waals surface area contributed by atoms with Crippen molar-refractivity contribution in [3.05, 3.63) is 65.5 Å². The zero-order valence-electron chi connectivity index (χ0n) is 22.5. The van der Waals surface area contributed by atoms with E-state index in [0.717, 1.165) is 60.7 Å². The Morgan fingerprint density at radius 3 is 2.82 bits per heavy atom. The molecule has 0 radical (unpaired) electrons. The highest BCUT2D eigenvalue weighted by Gasteiger charge is 2.69. The first kappa shape index (κ1) is 24.6. The summed E-state index contributed by atoms with van der Waals surface area (Å²) >= 11 is 0. The molecule has 0 amide bonds. The summed E-state index contributed by atoms with van der Waals surface area (Å²) < 4.78 is 7.31. The fraction of sp³-hybridized carbons (Fsp3) is 0.594. The van der Waals surface area contributed by atoms with Crippen LogP contribution in [-0.4, -0.2) is 79.9 Å². The Balaban J connectivity index is 1.18. The lowest BCUT2D eigenvalue weighted by Crippen LogP contribution is -2.62. The summed E-state index contributed by atoms with van der Waals surface area (Å²) in [6, 6.07) is 8.51. The van der Waals surface area contributed by atoms with Crippen LogP contribution in [0.15, 0.2) is 60.0 Å². The van der Waals surface area contributed by atoms with Crippen molar-refractivity contribution in [3.8, 4) is 0 Å². The van der Waals surface area contributed by atoms with Crippen molar-refractivity contribution < 1.29 is 20.1 Å². The molecule has 3 aliphatic heterocycles. The average molecular weight is 530 g/mol. The molecule has 39 heavy (non-hydrogen) atoms. The number of pyridine rings is 1. The molecule has 2 aromatic rings. The molecule has 1 aromatic carbocycles. The predicted molar refractivity (Wildman–Crippen MR) is 148 cm³/mol. The van der Waals surface area contributed by atoms with Crippen LogP contribution >= 0.6 is 0 Å². The fourth-order valence-corrected chi connectivity index (χ4v) is 9.80. The van der Waals surface area contributed by atoms with Crippen LogP contribution in [0.4, 0.5) is 0 Å². The van der Waals surface area contributed by atoms with E-state index in [4.69, 9.17) is 10.5 Å². The number of nitrogens with zero attached hydrogens (tertiary/aromatic N) is 2. The van der Waals surface area contributed by atoms with Gasteiger partial charge in [-0.05, 0) is 78.2 Å². The summed E-state index contributed by atoms with van der Waals surface area (Å²) in [6.07, 6.45) is 10.8. The molecule has 5 N–H and O–H groups in total. The second-order valence-corrected chi connectivity index (χ2v) is 13.5. The molecule has 7 heteroatoms. The van der Waals surface area contributed by atoms with Gasteiger partial charge in [-0.1, -0.05) is 31.2 Å². The van der Waals surface area contributed by atoms with Crippen molar-refractivity contribution in [2.45, 2.75) is 93.0 Å². The number of aliphatic hydroxyl groups is 3. The Morgan fingerprint density at radius 2 is 2.00 bits per heavy atom. The van der Waals surface area contributed by atoms with E-state index in [1.54, 1.807) is 0 Å². The van der Waals surface area contributed by atoms with E-state index in [9.17, 15) is 15.3 Å². The summed E-state index contributed by atoms with van der Waals surface area (Å²) in [5, 5.41) is 36.5. The van der Waals surface area contributed by atoms with E-state index in [0.29, 0.717) is 12.8 Å². The Bertz CT molecular complexity index is 1410. The van der Waals surface area contributed by atoms with E-state index in [1.807, 2.05) is 18.5 Å². The highest BCUT2D eigenvalue weighted by molar-refractivity contribution is 5.82. The number of allylic oxidation sites excluding steroid dienone is 1. The Morgan fingerprint density at radius 1 is 1.13 bits per heavy atom. The number of likely N-dealkylation sites (tertiary alicyclic amines) is 1. The molecular formula is C32H39N3O4. The highest BCUT2D eigenvalue weighted by atomic mass is 16.5. The third-order valence-electron chi connectivity index (χ3n) is 11.6. The molecule has 1 unspecified atom stereocenters. The van der Waals surface area contributed by atoms with Crippen LogP contribution in [0, 0.1) is 11.3 Å². The lowest BCUT2D eigenvalue weighted by atomic mass is 9.58. The zero-order chi connectivity index (χ0) is 26.7. The first-order valence-corrected chi connectivity index (χ1v) is 14.7. The first-order chi connectivity index (χ1) is 18.7. The monoisotopic (exact) mass is 529 g/mol. The Kier molecular flexibility index (Phi) is 5.19. The van der Waals surface area contributed by atoms with Crippen LogP contribution in [0.2, 0.25) is 0 Å². The molecule has 4 heterocycles. The Labute approximate surface area is 229 Å². The third-order valence-corrected chi connectivity index (χ3v) is 11.6. The maximum atomic E-state index is 11.6. The smallest absolute Gasteiger partial charge is 0.105 e. The number of benzene rings is 1. The van der Waals surface area contributed by atoms with Crippen LogP contribution < -0.4 is 5.73 Å². The first-order valence-electron chi connectivity index (χ1n) is 14.7. The number of hydrogen-bond donors (Lipinski definition) is 4. The van der Waals surface area contributed by atoms with Gasteiger partial charge in [0.25, 0.3) is 0 Å². The fourth-order valence-electron chi connectivity index (χ4n) is 9.80. The molecule has 2 saturated heterocycles. The standard InChI is InChI=1S/C32H39N3O4/c1-30-7-4-21-13-23-28(37)29(38)24(35-11-6-22(33)17-35)15-31(23)8-9-32(21,39-31)26(30)14-25(36)27(30)19-3-2-18-5-10-34-16-20(18)12-19/h2-5,10,12-13,16,22,24-29,36-38H,6-9,11,14-15,17,33H2,1H3/t22-,24+,25-,26-,27+,28-,29-,30+,31-,32?/m1/s1. The van der Waals surface area contributed by atoms with Crippen LogP contribution in [0.3, 0.4) is 0 Å². The molecule has 10 atom stereocenters. The summed E-state index contributed by atoms with van der Waals surface area (Å²) in [5.74, 6) is 0.164.